The molecule has 27 heavy (non-hydrogen) atoms. The summed E-state index contributed by atoms with van der Waals surface area (Å²) in [7, 11) is 0. The molecule has 142 valence electrons. The van der Waals surface area contributed by atoms with Crippen LogP contribution in [0, 0.1) is 11.8 Å². The molecule has 0 saturated heterocycles. The van der Waals surface area contributed by atoms with Gasteiger partial charge in [0.1, 0.15) is 5.75 Å². The molecule has 0 atom stereocenters. The smallest absolute Gasteiger partial charge is 0.119 e. The number of ether oxygens (including phenoxy) is 1. The number of allylic oxidation sites excluding steroid dienone is 2. The summed E-state index contributed by atoms with van der Waals surface area (Å²) in [6.45, 7) is 5.10. The minimum Gasteiger partial charge on any atom is -0.494 e. The van der Waals surface area contributed by atoms with E-state index in [2.05, 4.69) is 62.1 Å². The summed E-state index contributed by atoms with van der Waals surface area (Å²) in [6.07, 6.45) is 12.8. The van der Waals surface area contributed by atoms with E-state index < -0.39 is 0 Å². The van der Waals surface area contributed by atoms with Crippen molar-refractivity contribution in [3.8, 4) is 17.6 Å². The highest BCUT2D eigenvalue weighted by Gasteiger charge is 1.95. The minimum atomic E-state index is 0.801. The van der Waals surface area contributed by atoms with Gasteiger partial charge in [-0.05, 0) is 68.1 Å². The molecule has 0 aliphatic carbocycles. The standard InChI is InChI=1S/C26H32O/c1-3-5-7-8-10-22-27-26-20-18-25(19-21-26)17-16-24-14-12-23(13-15-24)11-9-6-4-2/h4,6,12-15,18-21H,3,5,7-11,22H2,1-2H3. The number of benzene rings is 2. The molecule has 1 heteroatoms. The average Bonchev–Trinajstić information content (AvgIpc) is 2.71. The quantitative estimate of drug-likeness (QED) is 0.253. The monoisotopic (exact) mass is 360 g/mol. The predicted molar refractivity (Wildman–Crippen MR) is 116 cm³/mol. The lowest BCUT2D eigenvalue weighted by atomic mass is 10.1. The van der Waals surface area contributed by atoms with Gasteiger partial charge < -0.3 is 4.74 Å². The van der Waals surface area contributed by atoms with Crippen LogP contribution in [-0.2, 0) is 6.42 Å². The van der Waals surface area contributed by atoms with E-state index in [1.807, 2.05) is 24.3 Å². The van der Waals surface area contributed by atoms with Crippen LogP contribution in [0.2, 0.25) is 0 Å². The van der Waals surface area contributed by atoms with Crippen LogP contribution < -0.4 is 4.74 Å². The summed E-state index contributed by atoms with van der Waals surface area (Å²) in [5, 5.41) is 0. The maximum Gasteiger partial charge on any atom is 0.119 e. The number of rotatable bonds is 10. The lowest BCUT2D eigenvalue weighted by molar-refractivity contribution is 0.304. The van der Waals surface area contributed by atoms with Gasteiger partial charge in [-0.3, -0.25) is 0 Å². The maximum absolute atomic E-state index is 5.80. The van der Waals surface area contributed by atoms with Crippen molar-refractivity contribution in [1.82, 2.24) is 0 Å². The minimum absolute atomic E-state index is 0.801. The van der Waals surface area contributed by atoms with Gasteiger partial charge in [0.15, 0.2) is 0 Å². The van der Waals surface area contributed by atoms with Gasteiger partial charge in [-0.25, -0.2) is 0 Å². The first-order valence-corrected chi connectivity index (χ1v) is 10.3. The van der Waals surface area contributed by atoms with Crippen LogP contribution in [-0.4, -0.2) is 6.61 Å². The number of aryl methyl sites for hydroxylation is 1. The molecule has 0 aliphatic heterocycles. The Morgan fingerprint density at radius 2 is 1.44 bits per heavy atom. The van der Waals surface area contributed by atoms with E-state index in [0.717, 1.165) is 42.7 Å². The lowest BCUT2D eigenvalue weighted by Crippen LogP contribution is -1.97. The van der Waals surface area contributed by atoms with Gasteiger partial charge in [-0.1, -0.05) is 68.7 Å². The van der Waals surface area contributed by atoms with Gasteiger partial charge in [0.05, 0.1) is 6.61 Å². The molecule has 2 rings (SSSR count). The maximum atomic E-state index is 5.80. The molecular formula is C26H32O. The van der Waals surface area contributed by atoms with Crippen molar-refractivity contribution in [2.45, 2.75) is 58.8 Å². The highest BCUT2D eigenvalue weighted by Crippen LogP contribution is 2.13. The summed E-state index contributed by atoms with van der Waals surface area (Å²) >= 11 is 0. The Hall–Kier alpha value is -2.46. The Bertz CT molecular complexity index is 727. The second-order valence-corrected chi connectivity index (χ2v) is 6.84. The number of unbranched alkanes of at least 4 members (excludes halogenated alkanes) is 4. The van der Waals surface area contributed by atoms with E-state index >= 15 is 0 Å². The van der Waals surface area contributed by atoms with Crippen molar-refractivity contribution in [3.05, 3.63) is 77.4 Å². The van der Waals surface area contributed by atoms with Gasteiger partial charge in [0.2, 0.25) is 0 Å². The van der Waals surface area contributed by atoms with E-state index in [9.17, 15) is 0 Å². The van der Waals surface area contributed by atoms with E-state index in [1.165, 1.54) is 31.2 Å². The van der Waals surface area contributed by atoms with Crippen LogP contribution in [0.5, 0.6) is 5.75 Å². The fourth-order valence-electron chi connectivity index (χ4n) is 2.85. The van der Waals surface area contributed by atoms with Crippen LogP contribution >= 0.6 is 0 Å². The van der Waals surface area contributed by atoms with E-state index in [1.54, 1.807) is 0 Å². The normalized spacial score (nSPS) is 10.6. The molecule has 1 nitrogen and oxygen atoms in total. The largest absolute Gasteiger partial charge is 0.494 e. The Morgan fingerprint density at radius 3 is 2.07 bits per heavy atom. The van der Waals surface area contributed by atoms with Crippen molar-refractivity contribution < 1.29 is 4.74 Å². The molecule has 0 heterocycles. The molecule has 0 aromatic heterocycles. The molecule has 0 amide bonds. The molecule has 0 saturated carbocycles. The lowest BCUT2D eigenvalue weighted by Gasteiger charge is -2.05. The van der Waals surface area contributed by atoms with Crippen LogP contribution in [0.4, 0.5) is 0 Å². The van der Waals surface area contributed by atoms with E-state index in [-0.39, 0.29) is 0 Å². The first kappa shape index (κ1) is 20.8. The van der Waals surface area contributed by atoms with Crippen molar-refractivity contribution in [2.75, 3.05) is 6.61 Å². The molecule has 0 fully saturated rings. The summed E-state index contributed by atoms with van der Waals surface area (Å²) in [5.74, 6) is 7.41. The number of hydrogen-bond donors (Lipinski definition) is 0. The second-order valence-electron chi connectivity index (χ2n) is 6.84. The Labute approximate surface area is 165 Å². The highest BCUT2D eigenvalue weighted by atomic mass is 16.5. The molecule has 0 unspecified atom stereocenters. The fraction of sp³-hybridized carbons (Fsp3) is 0.385. The van der Waals surface area contributed by atoms with Gasteiger partial charge in [-0.15, -0.1) is 0 Å². The first-order chi connectivity index (χ1) is 13.3. The second kappa shape index (κ2) is 12.8. The summed E-state index contributed by atoms with van der Waals surface area (Å²) in [4.78, 5) is 0. The van der Waals surface area contributed by atoms with Crippen LogP contribution in [0.1, 0.15) is 69.1 Å². The van der Waals surface area contributed by atoms with Gasteiger partial charge in [-0.2, -0.15) is 0 Å². The molecular weight excluding hydrogens is 328 g/mol. The van der Waals surface area contributed by atoms with Gasteiger partial charge in [0, 0.05) is 11.1 Å². The predicted octanol–water partition coefficient (Wildman–Crippen LogP) is 6.94. The van der Waals surface area contributed by atoms with Gasteiger partial charge >= 0.3 is 0 Å². The molecule has 0 bridgehead atoms. The average molecular weight is 361 g/mol. The zero-order valence-electron chi connectivity index (χ0n) is 16.8. The molecule has 0 radical (unpaired) electrons. The topological polar surface area (TPSA) is 9.23 Å². The van der Waals surface area contributed by atoms with Crippen LogP contribution in [0.3, 0.4) is 0 Å². The Morgan fingerprint density at radius 1 is 0.815 bits per heavy atom. The number of hydrogen-bond acceptors (Lipinski definition) is 1. The highest BCUT2D eigenvalue weighted by molar-refractivity contribution is 5.44. The molecule has 0 N–H and O–H groups in total. The third kappa shape index (κ3) is 8.65. The summed E-state index contributed by atoms with van der Waals surface area (Å²) in [5.41, 5.74) is 3.43. The first-order valence-electron chi connectivity index (χ1n) is 10.3. The van der Waals surface area contributed by atoms with Crippen LogP contribution in [0.15, 0.2) is 60.7 Å². The SMILES string of the molecule is CC=CCCc1ccc(C#Cc2ccc(OCCCCCCC)cc2)cc1. The van der Waals surface area contributed by atoms with Crippen molar-refractivity contribution in [1.29, 1.82) is 0 Å². The van der Waals surface area contributed by atoms with E-state index in [0.29, 0.717) is 0 Å². The molecule has 2 aromatic carbocycles. The van der Waals surface area contributed by atoms with Gasteiger partial charge in [0.25, 0.3) is 0 Å². The van der Waals surface area contributed by atoms with Crippen LogP contribution in [0.25, 0.3) is 0 Å². The third-order valence-corrected chi connectivity index (χ3v) is 4.51. The van der Waals surface area contributed by atoms with Crippen molar-refractivity contribution in [3.63, 3.8) is 0 Å². The van der Waals surface area contributed by atoms with E-state index in [4.69, 9.17) is 4.74 Å². The van der Waals surface area contributed by atoms with Crippen molar-refractivity contribution >= 4 is 0 Å². The molecule has 0 spiro atoms. The Balaban J connectivity index is 1.79. The molecule has 2 aromatic rings. The van der Waals surface area contributed by atoms with Crippen molar-refractivity contribution in [2.24, 2.45) is 0 Å². The third-order valence-electron chi connectivity index (χ3n) is 4.51. The molecule has 0 aliphatic rings. The zero-order valence-corrected chi connectivity index (χ0v) is 16.8. The summed E-state index contributed by atoms with van der Waals surface area (Å²) in [6, 6.07) is 16.6. The Kier molecular flexibility index (Phi) is 9.90. The summed E-state index contributed by atoms with van der Waals surface area (Å²) < 4.78 is 5.80. The fourth-order valence-corrected chi connectivity index (χ4v) is 2.85. The zero-order chi connectivity index (χ0) is 19.2.